The smallest absolute Gasteiger partial charge is 0.0483 e. The van der Waals surface area contributed by atoms with Crippen LogP contribution in [0.5, 0.6) is 0 Å². The molecule has 2 heteroatoms. The van der Waals surface area contributed by atoms with Gasteiger partial charge in [-0.3, -0.25) is 0 Å². The zero-order valence-electron chi connectivity index (χ0n) is 12.1. The Balaban J connectivity index is 1.74. The van der Waals surface area contributed by atoms with E-state index < -0.39 is 0 Å². The molecule has 0 radical (unpaired) electrons. The third-order valence-corrected chi connectivity index (χ3v) is 3.81. The molecule has 2 aromatic carbocycles. The van der Waals surface area contributed by atoms with E-state index in [1.807, 2.05) is 0 Å². The van der Waals surface area contributed by atoms with Gasteiger partial charge in [-0.15, -0.1) is 0 Å². The van der Waals surface area contributed by atoms with E-state index in [9.17, 15) is 0 Å². The number of rotatable bonds is 4. The fraction of sp³-hybridized carbons (Fsp3) is 0.222. The van der Waals surface area contributed by atoms with Crippen LogP contribution in [0, 0.1) is 13.8 Å². The zero-order chi connectivity index (χ0) is 13.9. The standard InChI is InChI=1S/C18H20N2/c1-14-7-3-5-9-17(14)19-11-12-20-15(2)13-16-8-4-6-10-18(16)20/h3-10,13,19H,11-12H2,1-2H3. The summed E-state index contributed by atoms with van der Waals surface area (Å²) in [5, 5.41) is 4.84. The van der Waals surface area contributed by atoms with Gasteiger partial charge in [0.25, 0.3) is 0 Å². The predicted molar refractivity (Wildman–Crippen MR) is 86.3 cm³/mol. The third-order valence-electron chi connectivity index (χ3n) is 3.81. The fourth-order valence-corrected chi connectivity index (χ4v) is 2.72. The minimum absolute atomic E-state index is 0.935. The van der Waals surface area contributed by atoms with Crippen molar-refractivity contribution in [3.8, 4) is 0 Å². The van der Waals surface area contributed by atoms with E-state index in [0.29, 0.717) is 0 Å². The number of hydrogen-bond donors (Lipinski definition) is 1. The molecule has 3 rings (SSSR count). The van der Waals surface area contributed by atoms with Crippen molar-refractivity contribution in [2.24, 2.45) is 0 Å². The minimum Gasteiger partial charge on any atom is -0.383 e. The molecule has 0 unspecified atom stereocenters. The second kappa shape index (κ2) is 5.41. The van der Waals surface area contributed by atoms with Gasteiger partial charge < -0.3 is 9.88 Å². The van der Waals surface area contributed by atoms with Crippen LogP contribution >= 0.6 is 0 Å². The van der Waals surface area contributed by atoms with Gasteiger partial charge in [0, 0.05) is 30.0 Å². The predicted octanol–water partition coefficient (Wildman–Crippen LogP) is 4.37. The number of aromatic nitrogens is 1. The molecule has 1 N–H and O–H groups in total. The summed E-state index contributed by atoms with van der Waals surface area (Å²) in [6.45, 7) is 6.23. The lowest BCUT2D eigenvalue weighted by Crippen LogP contribution is -2.11. The molecule has 0 bridgehead atoms. The van der Waals surface area contributed by atoms with Gasteiger partial charge in [-0.05, 0) is 43.0 Å². The maximum Gasteiger partial charge on any atom is 0.0483 e. The maximum atomic E-state index is 3.52. The average Bonchev–Trinajstić information content (AvgIpc) is 2.77. The van der Waals surface area contributed by atoms with Gasteiger partial charge in [-0.1, -0.05) is 36.4 Å². The number of anilines is 1. The van der Waals surface area contributed by atoms with E-state index in [2.05, 4.69) is 78.3 Å². The number of nitrogens with zero attached hydrogens (tertiary/aromatic N) is 1. The lowest BCUT2D eigenvalue weighted by molar-refractivity contribution is 0.734. The van der Waals surface area contributed by atoms with Gasteiger partial charge in [0.05, 0.1) is 0 Å². The van der Waals surface area contributed by atoms with Crippen molar-refractivity contribution < 1.29 is 0 Å². The monoisotopic (exact) mass is 264 g/mol. The van der Waals surface area contributed by atoms with Gasteiger partial charge in [0.15, 0.2) is 0 Å². The number of hydrogen-bond acceptors (Lipinski definition) is 1. The zero-order valence-corrected chi connectivity index (χ0v) is 12.1. The van der Waals surface area contributed by atoms with Crippen LogP contribution in [0.2, 0.25) is 0 Å². The molecule has 0 atom stereocenters. The lowest BCUT2D eigenvalue weighted by Gasteiger charge is -2.12. The second-order valence-corrected chi connectivity index (χ2v) is 5.24. The van der Waals surface area contributed by atoms with Crippen molar-refractivity contribution >= 4 is 16.6 Å². The number of fused-ring (bicyclic) bond motifs is 1. The average molecular weight is 264 g/mol. The summed E-state index contributed by atoms with van der Waals surface area (Å²) in [6, 6.07) is 19.2. The van der Waals surface area contributed by atoms with E-state index in [0.717, 1.165) is 13.1 Å². The van der Waals surface area contributed by atoms with E-state index in [1.165, 1.54) is 27.8 Å². The molecule has 0 amide bonds. The van der Waals surface area contributed by atoms with Crippen LogP contribution < -0.4 is 5.32 Å². The Hall–Kier alpha value is -2.22. The molecule has 0 aliphatic rings. The molecule has 0 spiro atoms. The first-order valence-corrected chi connectivity index (χ1v) is 7.10. The van der Waals surface area contributed by atoms with Gasteiger partial charge in [0.2, 0.25) is 0 Å². The van der Waals surface area contributed by atoms with E-state index in [1.54, 1.807) is 0 Å². The van der Waals surface area contributed by atoms with E-state index in [-0.39, 0.29) is 0 Å². The molecule has 0 fully saturated rings. The third kappa shape index (κ3) is 2.42. The Bertz CT molecular complexity index is 725. The van der Waals surface area contributed by atoms with Gasteiger partial charge >= 0.3 is 0 Å². The van der Waals surface area contributed by atoms with Crippen molar-refractivity contribution in [2.45, 2.75) is 20.4 Å². The highest BCUT2D eigenvalue weighted by Crippen LogP contribution is 2.19. The molecule has 3 aromatic rings. The largest absolute Gasteiger partial charge is 0.383 e. The van der Waals surface area contributed by atoms with Gasteiger partial charge in [-0.25, -0.2) is 0 Å². The van der Waals surface area contributed by atoms with Gasteiger partial charge in [0.1, 0.15) is 0 Å². The Kier molecular flexibility index (Phi) is 3.46. The van der Waals surface area contributed by atoms with Crippen LogP contribution in [0.15, 0.2) is 54.6 Å². The molecule has 1 aromatic heterocycles. The summed E-state index contributed by atoms with van der Waals surface area (Å²) in [5.74, 6) is 0. The topological polar surface area (TPSA) is 17.0 Å². The maximum absolute atomic E-state index is 3.52. The van der Waals surface area contributed by atoms with Crippen molar-refractivity contribution in [3.05, 3.63) is 65.9 Å². The molecule has 0 aliphatic heterocycles. The number of benzene rings is 2. The number of aryl methyl sites for hydroxylation is 2. The molecule has 102 valence electrons. The normalized spacial score (nSPS) is 10.9. The first-order valence-electron chi connectivity index (χ1n) is 7.10. The highest BCUT2D eigenvalue weighted by atomic mass is 15.0. The SMILES string of the molecule is Cc1ccccc1NCCn1c(C)cc2ccccc21. The van der Waals surface area contributed by atoms with E-state index in [4.69, 9.17) is 0 Å². The van der Waals surface area contributed by atoms with Crippen molar-refractivity contribution in [1.82, 2.24) is 4.57 Å². The minimum atomic E-state index is 0.935. The highest BCUT2D eigenvalue weighted by molar-refractivity contribution is 5.81. The first kappa shape index (κ1) is 12.8. The lowest BCUT2D eigenvalue weighted by atomic mass is 10.2. The van der Waals surface area contributed by atoms with Crippen LogP contribution in [-0.4, -0.2) is 11.1 Å². The van der Waals surface area contributed by atoms with Gasteiger partial charge in [-0.2, -0.15) is 0 Å². The fourth-order valence-electron chi connectivity index (χ4n) is 2.72. The van der Waals surface area contributed by atoms with Crippen LogP contribution in [0.25, 0.3) is 10.9 Å². The van der Waals surface area contributed by atoms with Crippen molar-refractivity contribution in [3.63, 3.8) is 0 Å². The van der Waals surface area contributed by atoms with Crippen LogP contribution in [0.1, 0.15) is 11.3 Å². The van der Waals surface area contributed by atoms with Crippen molar-refractivity contribution in [2.75, 3.05) is 11.9 Å². The summed E-state index contributed by atoms with van der Waals surface area (Å²) in [4.78, 5) is 0. The molecular weight excluding hydrogens is 244 g/mol. The highest BCUT2D eigenvalue weighted by Gasteiger charge is 2.04. The summed E-state index contributed by atoms with van der Waals surface area (Å²) in [5.41, 5.74) is 5.15. The molecular formula is C18H20N2. The van der Waals surface area contributed by atoms with Crippen LogP contribution in [0.4, 0.5) is 5.69 Å². The Morgan fingerprint density at radius 1 is 0.950 bits per heavy atom. The van der Waals surface area contributed by atoms with E-state index >= 15 is 0 Å². The summed E-state index contributed by atoms with van der Waals surface area (Å²) in [6.07, 6.45) is 0. The second-order valence-electron chi connectivity index (χ2n) is 5.24. The number of nitrogens with one attached hydrogen (secondary N) is 1. The van der Waals surface area contributed by atoms with Crippen molar-refractivity contribution in [1.29, 1.82) is 0 Å². The quantitative estimate of drug-likeness (QED) is 0.740. The summed E-state index contributed by atoms with van der Waals surface area (Å²) >= 11 is 0. The Labute approximate surface area is 120 Å². The molecule has 20 heavy (non-hydrogen) atoms. The summed E-state index contributed by atoms with van der Waals surface area (Å²) < 4.78 is 2.38. The Morgan fingerprint density at radius 3 is 2.55 bits per heavy atom. The number of para-hydroxylation sites is 2. The first-order chi connectivity index (χ1) is 9.75. The molecule has 0 saturated heterocycles. The summed E-state index contributed by atoms with van der Waals surface area (Å²) in [7, 11) is 0. The van der Waals surface area contributed by atoms with Crippen LogP contribution in [-0.2, 0) is 6.54 Å². The molecule has 1 heterocycles. The molecule has 2 nitrogen and oxygen atoms in total. The molecule has 0 aliphatic carbocycles. The Morgan fingerprint density at radius 2 is 1.70 bits per heavy atom. The molecule has 0 saturated carbocycles. The van der Waals surface area contributed by atoms with Crippen LogP contribution in [0.3, 0.4) is 0 Å².